The van der Waals surface area contributed by atoms with Crippen molar-refractivity contribution in [2.45, 2.75) is 52.0 Å². The van der Waals surface area contributed by atoms with Crippen LogP contribution in [0.15, 0.2) is 16.9 Å². The largest absolute Gasteiger partial charge is 0.310 e. The van der Waals surface area contributed by atoms with Crippen LogP contribution in [0.1, 0.15) is 56.1 Å². The van der Waals surface area contributed by atoms with Gasteiger partial charge in [-0.15, -0.1) is 0 Å². The first kappa shape index (κ1) is 14.5. The Hall–Kier alpha value is -1.42. The van der Waals surface area contributed by atoms with Crippen molar-refractivity contribution in [2.24, 2.45) is 5.92 Å². The van der Waals surface area contributed by atoms with Gasteiger partial charge in [-0.25, -0.2) is 4.98 Å². The highest BCUT2D eigenvalue weighted by Gasteiger charge is 2.23. The summed E-state index contributed by atoms with van der Waals surface area (Å²) in [7, 11) is 0. The third-order valence-electron chi connectivity index (χ3n) is 4.61. The quantitative estimate of drug-likeness (QED) is 0.869. The number of rotatable bonds is 3. The van der Waals surface area contributed by atoms with E-state index in [-0.39, 0.29) is 11.5 Å². The third kappa shape index (κ3) is 3.26. The molecule has 1 aromatic rings. The molecule has 1 aliphatic heterocycles. The number of aromatic nitrogens is 2. The van der Waals surface area contributed by atoms with E-state index in [9.17, 15) is 4.79 Å². The molecule has 0 saturated heterocycles. The van der Waals surface area contributed by atoms with Crippen LogP contribution in [0.2, 0.25) is 0 Å². The summed E-state index contributed by atoms with van der Waals surface area (Å²) >= 11 is 0. The lowest BCUT2D eigenvalue weighted by molar-refractivity contribution is 0.203. The Morgan fingerprint density at radius 3 is 3.00 bits per heavy atom. The molecule has 4 nitrogen and oxygen atoms in total. The second-order valence-electron chi connectivity index (χ2n) is 6.67. The molecule has 2 heterocycles. The van der Waals surface area contributed by atoms with E-state index in [4.69, 9.17) is 0 Å². The van der Waals surface area contributed by atoms with Gasteiger partial charge in [0.1, 0.15) is 5.82 Å². The van der Waals surface area contributed by atoms with Crippen LogP contribution < -0.4 is 5.56 Å². The van der Waals surface area contributed by atoms with Gasteiger partial charge in [0.15, 0.2) is 0 Å². The fraction of sp³-hybridized carbons (Fsp3) is 0.647. The van der Waals surface area contributed by atoms with Gasteiger partial charge in [0, 0.05) is 32.0 Å². The van der Waals surface area contributed by atoms with Gasteiger partial charge in [0.25, 0.3) is 5.56 Å². The average Bonchev–Trinajstić information content (AvgIpc) is 2.48. The normalized spacial score (nSPS) is 22.5. The van der Waals surface area contributed by atoms with Gasteiger partial charge in [0.05, 0.1) is 11.3 Å². The number of allylic oxidation sites excluding steroid dienone is 2. The van der Waals surface area contributed by atoms with Gasteiger partial charge in [-0.1, -0.05) is 26.0 Å². The van der Waals surface area contributed by atoms with Crippen molar-refractivity contribution in [3.63, 3.8) is 0 Å². The Balaban J connectivity index is 1.73. The Labute approximate surface area is 126 Å². The molecule has 1 aliphatic carbocycles. The van der Waals surface area contributed by atoms with Crippen molar-refractivity contribution in [1.29, 1.82) is 0 Å². The van der Waals surface area contributed by atoms with Crippen molar-refractivity contribution in [1.82, 2.24) is 14.9 Å². The van der Waals surface area contributed by atoms with Crippen LogP contribution in [0.4, 0.5) is 0 Å². The number of aromatic amines is 1. The third-order valence-corrected chi connectivity index (χ3v) is 4.61. The molecule has 0 saturated carbocycles. The Morgan fingerprint density at radius 1 is 1.43 bits per heavy atom. The minimum absolute atomic E-state index is 0.0666. The van der Waals surface area contributed by atoms with Crippen LogP contribution in [-0.2, 0) is 13.0 Å². The molecule has 2 aliphatic rings. The van der Waals surface area contributed by atoms with Gasteiger partial charge in [-0.05, 0) is 25.2 Å². The van der Waals surface area contributed by atoms with Crippen LogP contribution in [0, 0.1) is 5.92 Å². The van der Waals surface area contributed by atoms with E-state index in [1.807, 2.05) is 0 Å². The first-order valence-electron chi connectivity index (χ1n) is 8.13. The van der Waals surface area contributed by atoms with Gasteiger partial charge in [-0.2, -0.15) is 0 Å². The molecule has 4 heteroatoms. The van der Waals surface area contributed by atoms with E-state index in [1.54, 1.807) is 0 Å². The molecule has 1 N–H and O–H groups in total. The molecule has 0 spiro atoms. The maximum absolute atomic E-state index is 12.3. The van der Waals surface area contributed by atoms with Crippen molar-refractivity contribution < 1.29 is 0 Å². The molecule has 1 unspecified atom stereocenters. The number of hydrogen-bond donors (Lipinski definition) is 1. The van der Waals surface area contributed by atoms with E-state index in [0.717, 1.165) is 49.1 Å². The van der Waals surface area contributed by atoms with Gasteiger partial charge >= 0.3 is 0 Å². The number of H-pyrrole nitrogens is 1. The highest BCUT2D eigenvalue weighted by Crippen LogP contribution is 2.22. The second kappa shape index (κ2) is 6.14. The Morgan fingerprint density at radius 2 is 2.29 bits per heavy atom. The molecule has 3 rings (SSSR count). The fourth-order valence-corrected chi connectivity index (χ4v) is 3.32. The van der Waals surface area contributed by atoms with Crippen LogP contribution in [0.25, 0.3) is 0 Å². The molecule has 0 radical (unpaired) electrons. The van der Waals surface area contributed by atoms with E-state index < -0.39 is 0 Å². The zero-order valence-electron chi connectivity index (χ0n) is 13.1. The SMILES string of the molecule is CC(C)c1nc2c(c(=O)[nH]1)CN(CC1CC=CCC1)CC2. The van der Waals surface area contributed by atoms with Gasteiger partial charge < -0.3 is 4.98 Å². The summed E-state index contributed by atoms with van der Waals surface area (Å²) < 4.78 is 0. The van der Waals surface area contributed by atoms with E-state index in [2.05, 4.69) is 40.9 Å². The predicted octanol–water partition coefficient (Wildman–Crippen LogP) is 2.61. The lowest BCUT2D eigenvalue weighted by atomic mass is 9.93. The van der Waals surface area contributed by atoms with Crippen molar-refractivity contribution in [2.75, 3.05) is 13.1 Å². The molecule has 1 aromatic heterocycles. The minimum Gasteiger partial charge on any atom is -0.310 e. The Kier molecular flexibility index (Phi) is 4.24. The van der Waals surface area contributed by atoms with Gasteiger partial charge in [0.2, 0.25) is 0 Å². The maximum Gasteiger partial charge on any atom is 0.255 e. The summed E-state index contributed by atoms with van der Waals surface area (Å²) in [6, 6.07) is 0. The summed E-state index contributed by atoms with van der Waals surface area (Å²) in [4.78, 5) is 22.3. The fourth-order valence-electron chi connectivity index (χ4n) is 3.32. The summed E-state index contributed by atoms with van der Waals surface area (Å²) in [6.45, 7) is 7.03. The number of hydrogen-bond acceptors (Lipinski definition) is 3. The number of fused-ring (bicyclic) bond motifs is 1. The maximum atomic E-state index is 12.3. The van der Waals surface area contributed by atoms with Crippen molar-refractivity contribution in [3.05, 3.63) is 39.6 Å². The predicted molar refractivity (Wildman–Crippen MR) is 84.4 cm³/mol. The van der Waals surface area contributed by atoms with Crippen molar-refractivity contribution >= 4 is 0 Å². The summed E-state index contributed by atoms with van der Waals surface area (Å²) in [5, 5.41) is 0. The lowest BCUT2D eigenvalue weighted by Gasteiger charge is -2.31. The van der Waals surface area contributed by atoms with Crippen LogP contribution >= 0.6 is 0 Å². The van der Waals surface area contributed by atoms with Gasteiger partial charge in [-0.3, -0.25) is 9.69 Å². The highest BCUT2D eigenvalue weighted by atomic mass is 16.1. The molecule has 1 atom stereocenters. The number of nitrogens with zero attached hydrogens (tertiary/aromatic N) is 2. The summed E-state index contributed by atoms with van der Waals surface area (Å²) in [6.07, 6.45) is 9.15. The molecule has 0 amide bonds. The molecule has 0 aromatic carbocycles. The molecular formula is C17H25N3O. The summed E-state index contributed by atoms with van der Waals surface area (Å²) in [5.74, 6) is 1.85. The highest BCUT2D eigenvalue weighted by molar-refractivity contribution is 5.21. The number of nitrogens with one attached hydrogen (secondary N) is 1. The first-order chi connectivity index (χ1) is 10.1. The molecule has 0 fully saturated rings. The van der Waals surface area contributed by atoms with Crippen LogP contribution in [-0.4, -0.2) is 28.0 Å². The van der Waals surface area contributed by atoms with E-state index >= 15 is 0 Å². The monoisotopic (exact) mass is 287 g/mol. The molecule has 0 bridgehead atoms. The standard InChI is InChI=1S/C17H25N3O/c1-12(2)16-18-15-8-9-20(11-14(15)17(21)19-16)10-13-6-4-3-5-7-13/h3-4,12-13H,5-11H2,1-2H3,(H,18,19,21). The smallest absolute Gasteiger partial charge is 0.255 e. The minimum atomic E-state index is 0.0666. The van der Waals surface area contributed by atoms with Crippen LogP contribution in [0.3, 0.4) is 0 Å². The second-order valence-corrected chi connectivity index (χ2v) is 6.67. The van der Waals surface area contributed by atoms with Crippen LogP contribution in [0.5, 0.6) is 0 Å². The summed E-state index contributed by atoms with van der Waals surface area (Å²) in [5.41, 5.74) is 1.97. The van der Waals surface area contributed by atoms with Crippen molar-refractivity contribution in [3.8, 4) is 0 Å². The zero-order chi connectivity index (χ0) is 14.8. The topological polar surface area (TPSA) is 49.0 Å². The molecule has 21 heavy (non-hydrogen) atoms. The van der Waals surface area contributed by atoms with E-state index in [0.29, 0.717) is 0 Å². The van der Waals surface area contributed by atoms with E-state index in [1.165, 1.54) is 19.3 Å². The average molecular weight is 287 g/mol. The molecule has 114 valence electrons. The lowest BCUT2D eigenvalue weighted by Crippen LogP contribution is -2.39. The molecular weight excluding hydrogens is 262 g/mol. The Bertz CT molecular complexity index is 588. The first-order valence-corrected chi connectivity index (χ1v) is 8.13. The zero-order valence-corrected chi connectivity index (χ0v) is 13.1.